The molecule has 1 heterocycles. The topological polar surface area (TPSA) is 23.5 Å². The van der Waals surface area contributed by atoms with E-state index in [2.05, 4.69) is 0 Å². The van der Waals surface area contributed by atoms with E-state index in [0.717, 1.165) is 6.92 Å². The molecule has 2 atom stereocenters. The van der Waals surface area contributed by atoms with Gasteiger partial charge in [-0.1, -0.05) is 0 Å². The number of halogens is 3. The van der Waals surface area contributed by atoms with Gasteiger partial charge >= 0.3 is 6.18 Å². The third kappa shape index (κ3) is 2.57. The maximum atomic E-state index is 12.2. The summed E-state index contributed by atoms with van der Waals surface area (Å²) in [5.74, 6) is 0. The summed E-state index contributed by atoms with van der Waals surface area (Å²) in [4.78, 5) is 1.26. The summed E-state index contributed by atoms with van der Waals surface area (Å²) < 4.78 is 36.7. The summed E-state index contributed by atoms with van der Waals surface area (Å²) in [6.45, 7) is 3.11. The van der Waals surface area contributed by atoms with Crippen LogP contribution in [0.2, 0.25) is 0 Å². The lowest BCUT2D eigenvalue weighted by Crippen LogP contribution is -2.43. The van der Waals surface area contributed by atoms with Crippen molar-refractivity contribution in [3.8, 4) is 0 Å². The second-order valence-electron chi connectivity index (χ2n) is 3.94. The van der Waals surface area contributed by atoms with E-state index in [9.17, 15) is 18.3 Å². The second-order valence-corrected chi connectivity index (χ2v) is 3.94. The zero-order valence-corrected chi connectivity index (χ0v) is 7.73. The normalized spacial score (nSPS) is 33.7. The molecule has 0 aromatic carbocycles. The van der Waals surface area contributed by atoms with Crippen molar-refractivity contribution in [1.82, 2.24) is 4.90 Å². The third-order valence-electron chi connectivity index (χ3n) is 2.50. The summed E-state index contributed by atoms with van der Waals surface area (Å²) in [5, 5.41) is 9.47. The van der Waals surface area contributed by atoms with E-state index in [-0.39, 0.29) is 6.54 Å². The van der Waals surface area contributed by atoms with Gasteiger partial charge < -0.3 is 5.11 Å². The highest BCUT2D eigenvalue weighted by molar-refractivity contribution is 4.90. The van der Waals surface area contributed by atoms with Crippen LogP contribution in [0.5, 0.6) is 0 Å². The Kier molecular flexibility index (Phi) is 2.60. The van der Waals surface area contributed by atoms with Crippen LogP contribution in [-0.4, -0.2) is 40.9 Å². The maximum Gasteiger partial charge on any atom is 0.403 e. The molecule has 0 aromatic heterocycles. The summed E-state index contributed by atoms with van der Waals surface area (Å²) in [5.41, 5.74) is -0.959. The first-order chi connectivity index (χ1) is 5.72. The Hall–Kier alpha value is -0.290. The molecule has 0 aromatic rings. The molecule has 13 heavy (non-hydrogen) atoms. The van der Waals surface area contributed by atoms with Crippen molar-refractivity contribution >= 4 is 0 Å². The van der Waals surface area contributed by atoms with Gasteiger partial charge in [0.25, 0.3) is 0 Å². The van der Waals surface area contributed by atoms with E-state index in [1.807, 2.05) is 0 Å². The molecule has 0 saturated carbocycles. The summed E-state index contributed by atoms with van der Waals surface area (Å²) in [7, 11) is 0. The van der Waals surface area contributed by atoms with Crippen LogP contribution in [0, 0.1) is 0 Å². The first-order valence-electron chi connectivity index (χ1n) is 4.25. The molecule has 0 radical (unpaired) electrons. The van der Waals surface area contributed by atoms with E-state index in [1.54, 1.807) is 6.92 Å². The number of likely N-dealkylation sites (tertiary alicyclic amines) is 1. The first-order valence-corrected chi connectivity index (χ1v) is 4.25. The molecule has 2 unspecified atom stereocenters. The minimum atomic E-state index is -4.19. The SMILES string of the molecule is CC(N1CCC(C)(O)C1)C(F)(F)F. The Morgan fingerprint density at radius 1 is 1.46 bits per heavy atom. The third-order valence-corrected chi connectivity index (χ3v) is 2.50. The highest BCUT2D eigenvalue weighted by Gasteiger charge is 2.44. The number of rotatable bonds is 1. The van der Waals surface area contributed by atoms with Gasteiger partial charge in [0.15, 0.2) is 0 Å². The average molecular weight is 197 g/mol. The average Bonchev–Trinajstić information content (AvgIpc) is 2.26. The van der Waals surface area contributed by atoms with Crippen molar-refractivity contribution in [2.45, 2.75) is 38.1 Å². The fourth-order valence-electron chi connectivity index (χ4n) is 1.52. The highest BCUT2D eigenvalue weighted by Crippen LogP contribution is 2.30. The van der Waals surface area contributed by atoms with E-state index in [4.69, 9.17) is 0 Å². The molecule has 0 amide bonds. The Morgan fingerprint density at radius 2 is 2.00 bits per heavy atom. The van der Waals surface area contributed by atoms with Gasteiger partial charge in [0.05, 0.1) is 5.60 Å². The van der Waals surface area contributed by atoms with Gasteiger partial charge in [-0.05, 0) is 20.3 Å². The van der Waals surface area contributed by atoms with Crippen LogP contribution >= 0.6 is 0 Å². The molecular weight excluding hydrogens is 183 g/mol. The minimum absolute atomic E-state index is 0.105. The Bertz CT molecular complexity index is 190. The molecule has 1 rings (SSSR count). The molecule has 1 saturated heterocycles. The van der Waals surface area contributed by atoms with Crippen LogP contribution in [-0.2, 0) is 0 Å². The Labute approximate surface area is 75.3 Å². The van der Waals surface area contributed by atoms with Crippen molar-refractivity contribution < 1.29 is 18.3 Å². The van der Waals surface area contributed by atoms with Crippen LogP contribution < -0.4 is 0 Å². The Morgan fingerprint density at radius 3 is 2.31 bits per heavy atom. The van der Waals surface area contributed by atoms with Crippen LogP contribution in [0.3, 0.4) is 0 Å². The zero-order chi connectivity index (χ0) is 10.3. The van der Waals surface area contributed by atoms with E-state index in [1.165, 1.54) is 4.90 Å². The molecule has 1 fully saturated rings. The van der Waals surface area contributed by atoms with Crippen molar-refractivity contribution in [1.29, 1.82) is 0 Å². The summed E-state index contributed by atoms with van der Waals surface area (Å²) >= 11 is 0. The molecule has 0 bridgehead atoms. The number of aliphatic hydroxyl groups is 1. The first kappa shape index (κ1) is 10.8. The van der Waals surface area contributed by atoms with E-state index < -0.39 is 17.8 Å². The maximum absolute atomic E-state index is 12.2. The van der Waals surface area contributed by atoms with Crippen molar-refractivity contribution in [2.24, 2.45) is 0 Å². The molecule has 0 aliphatic carbocycles. The summed E-state index contributed by atoms with van der Waals surface area (Å²) in [6, 6.07) is -1.46. The van der Waals surface area contributed by atoms with Crippen LogP contribution in [0.15, 0.2) is 0 Å². The van der Waals surface area contributed by atoms with Crippen LogP contribution in [0.1, 0.15) is 20.3 Å². The quantitative estimate of drug-likeness (QED) is 0.686. The van der Waals surface area contributed by atoms with Gasteiger partial charge in [-0.2, -0.15) is 13.2 Å². The van der Waals surface area contributed by atoms with E-state index >= 15 is 0 Å². The molecule has 1 N–H and O–H groups in total. The molecular formula is C8H14F3NO. The lowest BCUT2D eigenvalue weighted by Gasteiger charge is -2.27. The molecule has 2 nitrogen and oxygen atoms in total. The van der Waals surface area contributed by atoms with Gasteiger partial charge in [0.1, 0.15) is 6.04 Å². The molecule has 1 aliphatic rings. The number of β-amino-alcohol motifs (C(OH)–C–C–N with tert-alkyl or cyclic N) is 1. The fourth-order valence-corrected chi connectivity index (χ4v) is 1.52. The van der Waals surface area contributed by atoms with Crippen LogP contribution in [0.25, 0.3) is 0 Å². The predicted molar refractivity (Wildman–Crippen MR) is 42.3 cm³/mol. The van der Waals surface area contributed by atoms with Gasteiger partial charge in [-0.15, -0.1) is 0 Å². The predicted octanol–water partition coefficient (Wildman–Crippen LogP) is 1.39. The second kappa shape index (κ2) is 3.13. The minimum Gasteiger partial charge on any atom is -0.389 e. The van der Waals surface area contributed by atoms with Crippen LogP contribution in [0.4, 0.5) is 13.2 Å². The lowest BCUT2D eigenvalue weighted by molar-refractivity contribution is -0.177. The zero-order valence-electron chi connectivity index (χ0n) is 7.73. The van der Waals surface area contributed by atoms with E-state index in [0.29, 0.717) is 13.0 Å². The summed E-state index contributed by atoms with van der Waals surface area (Å²) in [6.07, 6.45) is -3.78. The van der Waals surface area contributed by atoms with Gasteiger partial charge in [-0.3, -0.25) is 4.90 Å². The largest absolute Gasteiger partial charge is 0.403 e. The molecule has 0 spiro atoms. The van der Waals surface area contributed by atoms with Crippen molar-refractivity contribution in [2.75, 3.05) is 13.1 Å². The monoisotopic (exact) mass is 197 g/mol. The Balaban J connectivity index is 2.57. The number of hydrogen-bond donors (Lipinski definition) is 1. The van der Waals surface area contributed by atoms with Gasteiger partial charge in [0.2, 0.25) is 0 Å². The molecule has 5 heteroatoms. The van der Waals surface area contributed by atoms with Gasteiger partial charge in [-0.25, -0.2) is 0 Å². The standard InChI is InChI=1S/C8H14F3NO/c1-6(8(9,10)11)12-4-3-7(2,13)5-12/h6,13H,3-5H2,1-2H3. The lowest BCUT2D eigenvalue weighted by atomic mass is 10.1. The van der Waals surface area contributed by atoms with Crippen molar-refractivity contribution in [3.63, 3.8) is 0 Å². The van der Waals surface area contributed by atoms with Crippen molar-refractivity contribution in [3.05, 3.63) is 0 Å². The highest BCUT2D eigenvalue weighted by atomic mass is 19.4. The molecule has 78 valence electrons. The van der Waals surface area contributed by atoms with Gasteiger partial charge in [0, 0.05) is 13.1 Å². The number of nitrogens with zero attached hydrogens (tertiary/aromatic N) is 1. The number of alkyl halides is 3. The smallest absolute Gasteiger partial charge is 0.389 e. The molecule has 1 aliphatic heterocycles. The number of hydrogen-bond acceptors (Lipinski definition) is 2. The fraction of sp³-hybridized carbons (Fsp3) is 1.00.